The second kappa shape index (κ2) is 9.68. The molecule has 180 valence electrons. The van der Waals surface area contributed by atoms with E-state index in [0.29, 0.717) is 18.7 Å². The molecule has 1 saturated heterocycles. The number of nitrogens with one attached hydrogen (secondary N) is 1. The molecule has 34 heavy (non-hydrogen) atoms. The van der Waals surface area contributed by atoms with Crippen LogP contribution in [0.15, 0.2) is 59.8 Å². The van der Waals surface area contributed by atoms with Gasteiger partial charge in [-0.05, 0) is 67.6 Å². The fraction of sp³-hybridized carbons (Fsp3) is 0.360. The molecule has 0 unspecified atom stereocenters. The third-order valence-electron chi connectivity index (χ3n) is 6.55. The Morgan fingerprint density at radius 1 is 1.09 bits per heavy atom. The monoisotopic (exact) mass is 484 g/mol. The maximum atomic E-state index is 13.5. The van der Waals surface area contributed by atoms with Gasteiger partial charge in [-0.25, -0.2) is 17.8 Å². The molecule has 2 aromatic carbocycles. The van der Waals surface area contributed by atoms with E-state index < -0.39 is 16.1 Å². The lowest BCUT2D eigenvalue weighted by Crippen LogP contribution is -2.44. The van der Waals surface area contributed by atoms with Crippen molar-refractivity contribution in [2.24, 2.45) is 13.0 Å². The molecule has 4 rings (SSSR count). The number of benzene rings is 2. The van der Waals surface area contributed by atoms with E-state index in [9.17, 15) is 17.6 Å². The zero-order valence-corrected chi connectivity index (χ0v) is 20.3. The lowest BCUT2D eigenvalue weighted by molar-refractivity contribution is -0.126. The van der Waals surface area contributed by atoms with E-state index in [-0.39, 0.29) is 35.6 Å². The molecule has 2 heterocycles. The van der Waals surface area contributed by atoms with Gasteiger partial charge in [0.05, 0.1) is 4.90 Å². The van der Waals surface area contributed by atoms with Crippen LogP contribution in [0.25, 0.3) is 0 Å². The number of halogens is 1. The highest BCUT2D eigenvalue weighted by Crippen LogP contribution is 2.27. The van der Waals surface area contributed by atoms with E-state index in [1.165, 1.54) is 16.4 Å². The number of hydrogen-bond donors (Lipinski definition) is 1. The summed E-state index contributed by atoms with van der Waals surface area (Å²) in [7, 11) is -1.77. The van der Waals surface area contributed by atoms with Gasteiger partial charge >= 0.3 is 0 Å². The van der Waals surface area contributed by atoms with Gasteiger partial charge < -0.3 is 9.88 Å². The number of nitrogens with zero attached hydrogens (tertiary/aromatic N) is 3. The largest absolute Gasteiger partial charge is 0.342 e. The number of imidazole rings is 1. The van der Waals surface area contributed by atoms with Gasteiger partial charge in [-0.3, -0.25) is 4.79 Å². The Bertz CT molecular complexity index is 1280. The molecule has 0 aliphatic carbocycles. The standard InChI is InChI=1S/C25H29FN4O3S/c1-17-4-9-22(16-18(17)2)34(32,33)30-13-10-20(11-14-30)25(31)28-23(24-27-12-15-29(24)3)19-5-7-21(26)8-6-19/h4-9,12,15-16,20,23H,10-11,13-14H2,1-3H3,(H,28,31)/t23-/m1/s1. The van der Waals surface area contributed by atoms with Crippen LogP contribution in [-0.4, -0.2) is 41.3 Å². The van der Waals surface area contributed by atoms with Gasteiger partial charge in [0.1, 0.15) is 17.7 Å². The maximum absolute atomic E-state index is 13.5. The number of sulfonamides is 1. The van der Waals surface area contributed by atoms with Crippen LogP contribution in [0.4, 0.5) is 4.39 Å². The van der Waals surface area contributed by atoms with Crippen molar-refractivity contribution < 1.29 is 17.6 Å². The number of aromatic nitrogens is 2. The van der Waals surface area contributed by atoms with Crippen LogP contribution in [0.3, 0.4) is 0 Å². The normalized spacial score (nSPS) is 16.4. The molecule has 1 aliphatic rings. The molecule has 9 heteroatoms. The first-order valence-electron chi connectivity index (χ1n) is 11.3. The molecule has 7 nitrogen and oxygen atoms in total. The third-order valence-corrected chi connectivity index (χ3v) is 8.44. The van der Waals surface area contributed by atoms with Crippen molar-refractivity contribution in [2.45, 2.75) is 37.6 Å². The van der Waals surface area contributed by atoms with Gasteiger partial charge in [0.15, 0.2) is 0 Å². The van der Waals surface area contributed by atoms with Crippen molar-refractivity contribution in [3.8, 4) is 0 Å². The van der Waals surface area contributed by atoms with Gasteiger partial charge in [-0.2, -0.15) is 4.31 Å². The molecular formula is C25H29FN4O3S. The number of piperidine rings is 1. The molecule has 1 aliphatic heterocycles. The summed E-state index contributed by atoms with van der Waals surface area (Å²) in [5.41, 5.74) is 2.69. The Hall–Kier alpha value is -3.04. The molecule has 1 amide bonds. The summed E-state index contributed by atoms with van der Waals surface area (Å²) in [5, 5.41) is 3.05. The molecule has 0 saturated carbocycles. The highest BCUT2D eigenvalue weighted by atomic mass is 32.2. The second-order valence-corrected chi connectivity index (χ2v) is 10.8. The Morgan fingerprint density at radius 3 is 2.35 bits per heavy atom. The molecule has 0 spiro atoms. The number of hydrogen-bond acceptors (Lipinski definition) is 4. The van der Waals surface area contributed by atoms with Crippen LogP contribution >= 0.6 is 0 Å². The Balaban J connectivity index is 1.46. The van der Waals surface area contributed by atoms with Crippen molar-refractivity contribution in [3.05, 3.63) is 83.2 Å². The summed E-state index contributed by atoms with van der Waals surface area (Å²) in [6.07, 6.45) is 4.28. The van der Waals surface area contributed by atoms with E-state index >= 15 is 0 Å². The minimum absolute atomic E-state index is 0.166. The fourth-order valence-corrected chi connectivity index (χ4v) is 5.80. The Labute approximate surface area is 199 Å². The van der Waals surface area contributed by atoms with Crippen molar-refractivity contribution in [1.29, 1.82) is 0 Å². The SMILES string of the molecule is Cc1ccc(S(=O)(=O)N2CCC(C(=O)N[C@H](c3ccc(F)cc3)c3nccn3C)CC2)cc1C. The number of carbonyl (C=O) groups excluding carboxylic acids is 1. The van der Waals surface area contributed by atoms with E-state index in [0.717, 1.165) is 16.7 Å². The highest BCUT2D eigenvalue weighted by Gasteiger charge is 2.33. The van der Waals surface area contributed by atoms with E-state index in [1.807, 2.05) is 31.5 Å². The summed E-state index contributed by atoms with van der Waals surface area (Å²) >= 11 is 0. The third kappa shape index (κ3) is 4.90. The number of amides is 1. The summed E-state index contributed by atoms with van der Waals surface area (Å²) in [6.45, 7) is 4.39. The molecule has 0 radical (unpaired) electrons. The molecule has 1 atom stereocenters. The first kappa shape index (κ1) is 24.1. The average molecular weight is 485 g/mol. The topological polar surface area (TPSA) is 84.3 Å². The Kier molecular flexibility index (Phi) is 6.86. The van der Waals surface area contributed by atoms with Crippen LogP contribution < -0.4 is 5.32 Å². The second-order valence-electron chi connectivity index (χ2n) is 8.81. The summed E-state index contributed by atoms with van der Waals surface area (Å²) in [5.74, 6) is -0.212. The van der Waals surface area contributed by atoms with Crippen LogP contribution in [0.5, 0.6) is 0 Å². The van der Waals surface area contributed by atoms with Crippen LogP contribution in [0, 0.1) is 25.6 Å². The molecule has 3 aromatic rings. The molecule has 0 bridgehead atoms. The van der Waals surface area contributed by atoms with Gasteiger partial charge in [-0.15, -0.1) is 0 Å². The Morgan fingerprint density at radius 2 is 1.76 bits per heavy atom. The fourth-order valence-electron chi connectivity index (χ4n) is 4.25. The summed E-state index contributed by atoms with van der Waals surface area (Å²) in [4.78, 5) is 17.8. The van der Waals surface area contributed by atoms with Crippen LogP contribution in [0.1, 0.15) is 41.4 Å². The minimum atomic E-state index is -3.61. The van der Waals surface area contributed by atoms with Crippen molar-refractivity contribution in [2.75, 3.05) is 13.1 Å². The smallest absolute Gasteiger partial charge is 0.243 e. The van der Waals surface area contributed by atoms with E-state index in [2.05, 4.69) is 10.3 Å². The van der Waals surface area contributed by atoms with Crippen molar-refractivity contribution in [3.63, 3.8) is 0 Å². The predicted octanol–water partition coefficient (Wildman–Crippen LogP) is 3.48. The molecule has 1 N–H and O–H groups in total. The quantitative estimate of drug-likeness (QED) is 0.581. The first-order valence-corrected chi connectivity index (χ1v) is 12.7. The van der Waals surface area contributed by atoms with Crippen LogP contribution in [-0.2, 0) is 21.9 Å². The average Bonchev–Trinajstić information content (AvgIpc) is 3.25. The number of carbonyl (C=O) groups is 1. The molecular weight excluding hydrogens is 455 g/mol. The predicted molar refractivity (Wildman–Crippen MR) is 127 cm³/mol. The van der Waals surface area contributed by atoms with Gasteiger partial charge in [0.2, 0.25) is 15.9 Å². The van der Waals surface area contributed by atoms with Crippen molar-refractivity contribution in [1.82, 2.24) is 19.2 Å². The molecule has 1 aromatic heterocycles. The number of rotatable bonds is 6. The van der Waals surface area contributed by atoms with E-state index in [1.54, 1.807) is 36.7 Å². The van der Waals surface area contributed by atoms with Gasteiger partial charge in [0, 0.05) is 38.4 Å². The van der Waals surface area contributed by atoms with Crippen molar-refractivity contribution >= 4 is 15.9 Å². The summed E-state index contributed by atoms with van der Waals surface area (Å²) < 4.78 is 42.9. The zero-order chi connectivity index (χ0) is 24.5. The lowest BCUT2D eigenvalue weighted by atomic mass is 9.96. The van der Waals surface area contributed by atoms with Crippen LogP contribution in [0.2, 0.25) is 0 Å². The van der Waals surface area contributed by atoms with Gasteiger partial charge in [0.25, 0.3) is 0 Å². The van der Waals surface area contributed by atoms with Gasteiger partial charge in [-0.1, -0.05) is 18.2 Å². The van der Waals surface area contributed by atoms with E-state index in [4.69, 9.17) is 0 Å². The minimum Gasteiger partial charge on any atom is -0.342 e. The lowest BCUT2D eigenvalue weighted by Gasteiger charge is -2.31. The highest BCUT2D eigenvalue weighted by molar-refractivity contribution is 7.89. The molecule has 1 fully saturated rings. The number of aryl methyl sites for hydroxylation is 3. The zero-order valence-electron chi connectivity index (χ0n) is 19.5. The first-order chi connectivity index (χ1) is 16.2. The maximum Gasteiger partial charge on any atom is 0.243 e. The summed E-state index contributed by atoms with van der Waals surface area (Å²) in [6, 6.07) is 10.6.